The van der Waals surface area contributed by atoms with Crippen LogP contribution in [-0.2, 0) is 12.8 Å². The Morgan fingerprint density at radius 3 is 1.87 bits per heavy atom. The van der Waals surface area contributed by atoms with Gasteiger partial charge in [0.1, 0.15) is 11.3 Å². The van der Waals surface area contributed by atoms with Crippen LogP contribution in [0, 0.1) is 0 Å². The summed E-state index contributed by atoms with van der Waals surface area (Å²) in [5, 5.41) is 3.58. The van der Waals surface area contributed by atoms with Crippen LogP contribution in [0.5, 0.6) is 0 Å². The first kappa shape index (κ1) is 24.3. The van der Waals surface area contributed by atoms with Crippen molar-refractivity contribution >= 4 is 5.69 Å². The predicted molar refractivity (Wildman–Crippen MR) is 125 cm³/mol. The van der Waals surface area contributed by atoms with Crippen LogP contribution < -0.4 is 11.1 Å². The fourth-order valence-electron chi connectivity index (χ4n) is 4.72. The monoisotopic (exact) mass is 416 g/mol. The van der Waals surface area contributed by atoms with Gasteiger partial charge in [0.2, 0.25) is 0 Å². The summed E-state index contributed by atoms with van der Waals surface area (Å²) in [6, 6.07) is 18.2. The number of hydrogen-bond donors (Lipinski definition) is 2. The zero-order chi connectivity index (χ0) is 22.6. The van der Waals surface area contributed by atoms with Gasteiger partial charge in [0, 0.05) is 23.2 Å². The van der Waals surface area contributed by atoms with Crippen molar-refractivity contribution in [2.45, 2.75) is 89.6 Å². The minimum atomic E-state index is -1.32. The molecule has 0 spiro atoms. The Bertz CT molecular complexity index is 804. The van der Waals surface area contributed by atoms with E-state index in [0.717, 1.165) is 16.8 Å². The lowest BCUT2D eigenvalue weighted by atomic mass is 9.83. The smallest absolute Gasteiger partial charge is 0.107 e. The Morgan fingerprint density at radius 1 is 0.733 bits per heavy atom. The largest absolute Gasteiger partial charge is 0.379 e. The molecule has 0 aromatic heterocycles. The summed E-state index contributed by atoms with van der Waals surface area (Å²) in [6.45, 7) is 10.3. The number of halogens is 2. The molecule has 0 aliphatic carbocycles. The molecule has 2 aromatic carbocycles. The van der Waals surface area contributed by atoms with Gasteiger partial charge in [0.15, 0.2) is 0 Å². The number of nitrogens with one attached hydrogen (secondary N) is 1. The maximum absolute atomic E-state index is 14.7. The Balaban J connectivity index is 2.22. The normalized spacial score (nSPS) is 16.6. The van der Waals surface area contributed by atoms with Crippen LogP contribution in [0.3, 0.4) is 0 Å². The Kier molecular flexibility index (Phi) is 7.34. The van der Waals surface area contributed by atoms with Gasteiger partial charge in [-0.25, -0.2) is 8.78 Å². The highest BCUT2D eigenvalue weighted by molar-refractivity contribution is 5.49. The van der Waals surface area contributed by atoms with E-state index in [9.17, 15) is 8.78 Å². The van der Waals surface area contributed by atoms with E-state index < -0.39 is 22.4 Å². The van der Waals surface area contributed by atoms with Gasteiger partial charge in [-0.15, -0.1) is 0 Å². The third kappa shape index (κ3) is 8.83. The molecule has 2 nitrogen and oxygen atoms in total. The van der Waals surface area contributed by atoms with E-state index >= 15 is 0 Å². The Morgan fingerprint density at radius 2 is 1.30 bits per heavy atom. The van der Waals surface area contributed by atoms with Crippen molar-refractivity contribution in [3.63, 3.8) is 0 Å². The fourth-order valence-corrected chi connectivity index (χ4v) is 4.72. The number of rotatable bonds is 10. The van der Waals surface area contributed by atoms with E-state index in [1.165, 1.54) is 0 Å². The van der Waals surface area contributed by atoms with Crippen LogP contribution in [0.4, 0.5) is 14.5 Å². The van der Waals surface area contributed by atoms with Gasteiger partial charge < -0.3 is 11.1 Å². The molecule has 0 saturated heterocycles. The van der Waals surface area contributed by atoms with Crippen LogP contribution in [0.25, 0.3) is 0 Å². The summed E-state index contributed by atoms with van der Waals surface area (Å²) < 4.78 is 28.8. The van der Waals surface area contributed by atoms with E-state index in [1.54, 1.807) is 27.7 Å². The second-order valence-corrected chi connectivity index (χ2v) is 10.7. The quantitative estimate of drug-likeness (QED) is 0.456. The molecule has 4 heteroatoms. The summed E-state index contributed by atoms with van der Waals surface area (Å²) in [5.74, 6) is 0. The average Bonchev–Trinajstić information content (AvgIpc) is 2.50. The number of benzene rings is 2. The Labute approximate surface area is 181 Å². The number of alkyl halides is 2. The summed E-state index contributed by atoms with van der Waals surface area (Å²) in [6.07, 6.45) is 1.92. The van der Waals surface area contributed by atoms with E-state index in [2.05, 4.69) is 24.4 Å². The van der Waals surface area contributed by atoms with Gasteiger partial charge in [-0.2, -0.15) is 0 Å². The van der Waals surface area contributed by atoms with Gasteiger partial charge in [-0.05, 0) is 84.1 Å². The van der Waals surface area contributed by atoms with Crippen molar-refractivity contribution in [2.75, 3.05) is 5.32 Å². The van der Waals surface area contributed by atoms with Crippen LogP contribution in [0.2, 0.25) is 0 Å². The molecule has 1 unspecified atom stereocenters. The molecule has 166 valence electrons. The fraction of sp³-hybridized carbons (Fsp3) is 0.538. The molecular weight excluding hydrogens is 378 g/mol. The second kappa shape index (κ2) is 9.05. The zero-order valence-corrected chi connectivity index (χ0v) is 19.4. The van der Waals surface area contributed by atoms with Gasteiger partial charge in [-0.3, -0.25) is 0 Å². The van der Waals surface area contributed by atoms with Crippen molar-refractivity contribution in [2.24, 2.45) is 5.73 Å². The average molecular weight is 417 g/mol. The zero-order valence-electron chi connectivity index (χ0n) is 19.4. The second-order valence-electron chi connectivity index (χ2n) is 10.7. The number of hydrogen-bond acceptors (Lipinski definition) is 2. The van der Waals surface area contributed by atoms with E-state index in [0.29, 0.717) is 19.3 Å². The molecule has 0 fully saturated rings. The molecule has 0 heterocycles. The van der Waals surface area contributed by atoms with Gasteiger partial charge in [0.25, 0.3) is 0 Å². The standard InChI is InChI=1S/C26H38F2N2/c1-23(2,27)18-25(5,29)16-21-13-10-14-22(15-21)30-26(6,19-24(3,4)28)17-20-11-8-7-9-12-20/h7-15,30H,16-19,29H2,1-6H3/t25?,26-/m0/s1. The lowest BCUT2D eigenvalue weighted by Crippen LogP contribution is -2.43. The van der Waals surface area contributed by atoms with E-state index in [-0.39, 0.29) is 6.42 Å². The molecule has 0 bridgehead atoms. The minimum absolute atomic E-state index is 0.277. The minimum Gasteiger partial charge on any atom is -0.379 e. The van der Waals surface area contributed by atoms with Crippen molar-refractivity contribution in [1.82, 2.24) is 0 Å². The van der Waals surface area contributed by atoms with Crippen molar-refractivity contribution in [1.29, 1.82) is 0 Å². The third-order valence-corrected chi connectivity index (χ3v) is 5.05. The molecule has 2 atom stereocenters. The molecule has 2 aromatic rings. The van der Waals surface area contributed by atoms with Gasteiger partial charge in [-0.1, -0.05) is 42.5 Å². The molecular formula is C26H38F2N2. The molecule has 0 saturated carbocycles. The highest BCUT2D eigenvalue weighted by Crippen LogP contribution is 2.31. The summed E-state index contributed by atoms with van der Waals surface area (Å²) in [7, 11) is 0. The first-order valence-electron chi connectivity index (χ1n) is 10.7. The summed E-state index contributed by atoms with van der Waals surface area (Å²) >= 11 is 0. The third-order valence-electron chi connectivity index (χ3n) is 5.05. The molecule has 2 rings (SSSR count). The molecule has 0 aliphatic rings. The lowest BCUT2D eigenvalue weighted by molar-refractivity contribution is 0.159. The molecule has 0 aliphatic heterocycles. The maximum Gasteiger partial charge on any atom is 0.107 e. The molecule has 30 heavy (non-hydrogen) atoms. The van der Waals surface area contributed by atoms with Crippen LogP contribution in [0.15, 0.2) is 54.6 Å². The first-order valence-corrected chi connectivity index (χ1v) is 10.7. The van der Waals surface area contributed by atoms with Crippen LogP contribution in [0.1, 0.15) is 65.5 Å². The van der Waals surface area contributed by atoms with Crippen molar-refractivity contribution in [3.8, 4) is 0 Å². The SMILES string of the molecule is CC(C)(F)CC(C)(N)Cc1cccc(N[C@@](C)(Cc2ccccc2)CC(C)(C)F)c1. The topological polar surface area (TPSA) is 38.0 Å². The van der Waals surface area contributed by atoms with Gasteiger partial charge >= 0.3 is 0 Å². The highest BCUT2D eigenvalue weighted by Gasteiger charge is 2.33. The van der Waals surface area contributed by atoms with Crippen LogP contribution >= 0.6 is 0 Å². The molecule has 0 amide bonds. The van der Waals surface area contributed by atoms with Crippen molar-refractivity contribution < 1.29 is 8.78 Å². The van der Waals surface area contributed by atoms with E-state index in [4.69, 9.17) is 5.73 Å². The maximum atomic E-state index is 14.7. The Hall–Kier alpha value is -1.94. The lowest BCUT2D eigenvalue weighted by Gasteiger charge is -2.36. The molecule has 3 N–H and O–H groups in total. The summed E-state index contributed by atoms with van der Waals surface area (Å²) in [5.41, 5.74) is 5.76. The predicted octanol–water partition coefficient (Wildman–Crippen LogP) is 6.64. The van der Waals surface area contributed by atoms with Crippen molar-refractivity contribution in [3.05, 3.63) is 65.7 Å². The van der Waals surface area contributed by atoms with Crippen LogP contribution in [-0.4, -0.2) is 22.4 Å². The van der Waals surface area contributed by atoms with E-state index in [1.807, 2.05) is 49.4 Å². The highest BCUT2D eigenvalue weighted by atomic mass is 19.1. The first-order chi connectivity index (χ1) is 13.6. The molecule has 0 radical (unpaired) electrons. The van der Waals surface area contributed by atoms with Gasteiger partial charge in [0.05, 0.1) is 0 Å². The number of anilines is 1. The number of nitrogens with two attached hydrogens (primary N) is 1. The summed E-state index contributed by atoms with van der Waals surface area (Å²) in [4.78, 5) is 0.